The number of hydrogen-bond donors (Lipinski definition) is 0. The third-order valence-electron chi connectivity index (χ3n) is 5.56. The van der Waals surface area contributed by atoms with Gasteiger partial charge in [-0.3, -0.25) is 14.2 Å². The van der Waals surface area contributed by atoms with Gasteiger partial charge in [-0.25, -0.2) is 9.79 Å². The van der Waals surface area contributed by atoms with Crippen LogP contribution in [0.3, 0.4) is 0 Å². The lowest BCUT2D eigenvalue weighted by Gasteiger charge is -2.25. The number of esters is 2. The first-order chi connectivity index (χ1) is 17.3. The van der Waals surface area contributed by atoms with E-state index in [9.17, 15) is 14.4 Å². The minimum absolute atomic E-state index is 0.253. The molecule has 1 aromatic heterocycles. The molecule has 0 saturated heterocycles. The molecule has 1 aliphatic heterocycles. The number of rotatable bonds is 6. The van der Waals surface area contributed by atoms with Crippen LogP contribution < -0.4 is 24.4 Å². The van der Waals surface area contributed by atoms with Crippen LogP contribution in [-0.2, 0) is 14.3 Å². The zero-order valence-electron chi connectivity index (χ0n) is 20.0. The van der Waals surface area contributed by atoms with E-state index in [-0.39, 0.29) is 11.3 Å². The summed E-state index contributed by atoms with van der Waals surface area (Å²) in [5.41, 5.74) is 2.07. The first kappa shape index (κ1) is 25.6. The summed E-state index contributed by atoms with van der Waals surface area (Å²) < 4.78 is 18.2. The topological polar surface area (TPSA) is 96.2 Å². The first-order valence-corrected chi connectivity index (χ1v) is 12.6. The van der Waals surface area contributed by atoms with Crippen LogP contribution >= 0.6 is 27.3 Å². The molecule has 0 bridgehead atoms. The maximum absolute atomic E-state index is 13.7. The Bertz CT molecular complexity index is 1560. The number of carbonyl (C=O) groups excluding carboxylic acids is 2. The second-order valence-corrected chi connectivity index (χ2v) is 9.69. The molecule has 2 heterocycles. The molecule has 3 aromatic rings. The van der Waals surface area contributed by atoms with Crippen molar-refractivity contribution in [3.63, 3.8) is 0 Å². The normalized spacial score (nSPS) is 15.2. The molecule has 1 atom stereocenters. The Morgan fingerprint density at radius 2 is 1.92 bits per heavy atom. The quantitative estimate of drug-likeness (QED) is 0.332. The van der Waals surface area contributed by atoms with E-state index in [0.717, 1.165) is 5.56 Å². The Balaban J connectivity index is 1.94. The van der Waals surface area contributed by atoms with Crippen LogP contribution in [0, 0.1) is 0 Å². The van der Waals surface area contributed by atoms with Gasteiger partial charge in [0.05, 0.1) is 40.5 Å². The molecule has 0 radical (unpaired) electrons. The number of hydrogen-bond acceptors (Lipinski definition) is 8. The standard InChI is InChI=1S/C26H23BrN2O6S/c1-5-18-21(25(32)34-4)22(16-9-7-6-8-10-16)29-24(31)20(36-26(29)28-18)13-15-11-17(27)23(35-14(2)30)19(12-15)33-3/h6-13,22H,5H2,1-4H3/b20-13+/t22-/m0/s1. The SMILES string of the molecule is CCC1=C(C(=O)OC)[C@H](c2ccccc2)n2c(s/c(=C/c3cc(Br)c(OC(C)=O)c(OC)c3)c2=O)=N1. The summed E-state index contributed by atoms with van der Waals surface area (Å²) in [6.07, 6.45) is 2.21. The minimum atomic E-state index is -0.667. The Morgan fingerprint density at radius 1 is 1.19 bits per heavy atom. The van der Waals surface area contributed by atoms with Gasteiger partial charge < -0.3 is 14.2 Å². The number of benzene rings is 2. The van der Waals surface area contributed by atoms with Gasteiger partial charge in [-0.2, -0.15) is 0 Å². The smallest absolute Gasteiger partial charge is 0.338 e. The monoisotopic (exact) mass is 570 g/mol. The second-order valence-electron chi connectivity index (χ2n) is 7.83. The summed E-state index contributed by atoms with van der Waals surface area (Å²) in [7, 11) is 2.79. The Morgan fingerprint density at radius 3 is 2.53 bits per heavy atom. The second kappa shape index (κ2) is 10.6. The van der Waals surface area contributed by atoms with E-state index in [4.69, 9.17) is 14.2 Å². The van der Waals surface area contributed by atoms with Gasteiger partial charge in [0.15, 0.2) is 16.3 Å². The van der Waals surface area contributed by atoms with Gasteiger partial charge in [-0.15, -0.1) is 0 Å². The van der Waals surface area contributed by atoms with Crippen molar-refractivity contribution in [2.24, 2.45) is 4.99 Å². The predicted octanol–water partition coefficient (Wildman–Crippen LogP) is 3.49. The minimum Gasteiger partial charge on any atom is -0.493 e. The summed E-state index contributed by atoms with van der Waals surface area (Å²) in [6.45, 7) is 3.21. The first-order valence-electron chi connectivity index (χ1n) is 11.0. The van der Waals surface area contributed by atoms with E-state index in [0.29, 0.717) is 42.8 Å². The lowest BCUT2D eigenvalue weighted by Crippen LogP contribution is -2.40. The van der Waals surface area contributed by atoms with Crippen LogP contribution in [0.4, 0.5) is 0 Å². The fourth-order valence-electron chi connectivity index (χ4n) is 4.03. The molecule has 2 aromatic carbocycles. The summed E-state index contributed by atoms with van der Waals surface area (Å²) in [4.78, 5) is 43.2. The van der Waals surface area contributed by atoms with Crippen molar-refractivity contribution in [1.82, 2.24) is 4.57 Å². The molecule has 36 heavy (non-hydrogen) atoms. The van der Waals surface area contributed by atoms with Crippen LogP contribution in [0.5, 0.6) is 11.5 Å². The van der Waals surface area contributed by atoms with Gasteiger partial charge in [-0.1, -0.05) is 48.6 Å². The molecule has 8 nitrogen and oxygen atoms in total. The van der Waals surface area contributed by atoms with Gasteiger partial charge in [0, 0.05) is 6.92 Å². The van der Waals surface area contributed by atoms with Crippen LogP contribution in [0.1, 0.15) is 37.4 Å². The zero-order valence-corrected chi connectivity index (χ0v) is 22.4. The van der Waals surface area contributed by atoms with Crippen LogP contribution in [-0.4, -0.2) is 30.7 Å². The van der Waals surface area contributed by atoms with E-state index < -0.39 is 18.0 Å². The van der Waals surface area contributed by atoms with Crippen molar-refractivity contribution in [3.8, 4) is 11.5 Å². The summed E-state index contributed by atoms with van der Waals surface area (Å²) in [5, 5.41) is 0. The number of allylic oxidation sites excluding steroid dienone is 1. The lowest BCUT2D eigenvalue weighted by atomic mass is 9.95. The Hall–Kier alpha value is -3.50. The number of nitrogens with zero attached hydrogens (tertiary/aromatic N) is 2. The van der Waals surface area contributed by atoms with Crippen molar-refractivity contribution >= 4 is 45.3 Å². The van der Waals surface area contributed by atoms with E-state index in [1.807, 2.05) is 37.3 Å². The molecule has 0 N–H and O–H groups in total. The van der Waals surface area contributed by atoms with E-state index >= 15 is 0 Å². The average Bonchev–Trinajstić information content (AvgIpc) is 3.18. The Kier molecular flexibility index (Phi) is 7.56. The predicted molar refractivity (Wildman–Crippen MR) is 139 cm³/mol. The molecule has 0 amide bonds. The highest BCUT2D eigenvalue weighted by atomic mass is 79.9. The Labute approximate surface area is 219 Å². The number of methoxy groups -OCH3 is 2. The summed E-state index contributed by atoms with van der Waals surface area (Å²) >= 11 is 4.64. The molecule has 1 aliphatic rings. The van der Waals surface area contributed by atoms with Gasteiger partial charge in [0.25, 0.3) is 5.56 Å². The van der Waals surface area contributed by atoms with Gasteiger partial charge in [0.2, 0.25) is 0 Å². The maximum atomic E-state index is 13.7. The molecule has 10 heteroatoms. The average molecular weight is 571 g/mol. The highest BCUT2D eigenvalue weighted by Crippen LogP contribution is 2.37. The fourth-order valence-corrected chi connectivity index (χ4v) is 5.59. The molecule has 0 spiro atoms. The zero-order chi connectivity index (χ0) is 26.0. The molecular formula is C26H23BrN2O6S. The number of fused-ring (bicyclic) bond motifs is 1. The third-order valence-corrected chi connectivity index (χ3v) is 7.13. The highest BCUT2D eigenvalue weighted by molar-refractivity contribution is 9.10. The molecule has 0 unspecified atom stereocenters. The number of halogens is 1. The number of carbonyl (C=O) groups is 2. The van der Waals surface area contributed by atoms with Crippen molar-refractivity contribution in [1.29, 1.82) is 0 Å². The van der Waals surface area contributed by atoms with Crippen molar-refractivity contribution in [2.75, 3.05) is 14.2 Å². The van der Waals surface area contributed by atoms with Gasteiger partial charge in [-0.05, 0) is 51.7 Å². The van der Waals surface area contributed by atoms with Crippen molar-refractivity contribution in [2.45, 2.75) is 26.3 Å². The molecule has 4 rings (SSSR count). The van der Waals surface area contributed by atoms with Crippen molar-refractivity contribution < 1.29 is 23.8 Å². The fraction of sp³-hybridized carbons (Fsp3) is 0.231. The van der Waals surface area contributed by atoms with Gasteiger partial charge in [0.1, 0.15) is 0 Å². The van der Waals surface area contributed by atoms with Crippen molar-refractivity contribution in [3.05, 3.63) is 89.0 Å². The number of thiazole rings is 1. The third kappa shape index (κ3) is 4.78. The highest BCUT2D eigenvalue weighted by Gasteiger charge is 2.33. The molecule has 186 valence electrons. The molecule has 0 aliphatic carbocycles. The van der Waals surface area contributed by atoms with Crippen LogP contribution in [0.15, 0.2) is 68.0 Å². The molecular weight excluding hydrogens is 548 g/mol. The number of aromatic nitrogens is 1. The summed E-state index contributed by atoms with van der Waals surface area (Å²) in [6, 6.07) is 12.1. The molecule has 0 fully saturated rings. The van der Waals surface area contributed by atoms with Crippen LogP contribution in [0.25, 0.3) is 6.08 Å². The lowest BCUT2D eigenvalue weighted by molar-refractivity contribution is -0.136. The van der Waals surface area contributed by atoms with E-state index in [1.54, 1.807) is 18.2 Å². The van der Waals surface area contributed by atoms with Crippen LogP contribution in [0.2, 0.25) is 0 Å². The van der Waals surface area contributed by atoms with E-state index in [1.165, 1.54) is 37.0 Å². The maximum Gasteiger partial charge on any atom is 0.338 e. The van der Waals surface area contributed by atoms with E-state index in [2.05, 4.69) is 20.9 Å². The van der Waals surface area contributed by atoms with Gasteiger partial charge >= 0.3 is 11.9 Å². The summed E-state index contributed by atoms with van der Waals surface area (Å²) in [5.74, 6) is -0.414. The molecule has 0 saturated carbocycles. The number of ether oxygens (including phenoxy) is 3. The largest absolute Gasteiger partial charge is 0.493 e.